The molecule has 0 fully saturated rings. The summed E-state index contributed by atoms with van der Waals surface area (Å²) in [6.07, 6.45) is 0. The first-order valence-electron chi connectivity index (χ1n) is 8.05. The monoisotopic (exact) mass is 398 g/mol. The van der Waals surface area contributed by atoms with E-state index in [1.54, 1.807) is 4.90 Å². The van der Waals surface area contributed by atoms with E-state index in [0.29, 0.717) is 15.0 Å². The minimum atomic E-state index is -0.0953. The molecule has 0 saturated heterocycles. The number of para-hydroxylation sites is 1. The Kier molecular flexibility index (Phi) is 4.53. The highest BCUT2D eigenvalue weighted by atomic mass is 35.5. The van der Waals surface area contributed by atoms with Crippen molar-refractivity contribution in [2.24, 2.45) is 0 Å². The summed E-state index contributed by atoms with van der Waals surface area (Å²) in [6, 6.07) is 17.4. The van der Waals surface area contributed by atoms with Crippen LogP contribution in [0, 0.1) is 13.8 Å². The lowest BCUT2D eigenvalue weighted by Crippen LogP contribution is -2.25. The minimum Gasteiger partial charge on any atom is -0.267 e. The maximum Gasteiger partial charge on any atom is 0.274 e. The van der Waals surface area contributed by atoms with Crippen molar-refractivity contribution in [3.05, 3.63) is 74.9 Å². The molecule has 1 amide bonds. The number of carbonyl (C=O) groups excluding carboxylic acids is 1. The first-order chi connectivity index (χ1) is 12.5. The molecule has 2 aromatic heterocycles. The maximum absolute atomic E-state index is 13.3. The lowest BCUT2D eigenvalue weighted by atomic mass is 10.2. The molecule has 4 aromatic rings. The van der Waals surface area contributed by atoms with E-state index in [0.717, 1.165) is 26.3 Å². The number of fused-ring (bicyclic) bond motifs is 1. The zero-order valence-electron chi connectivity index (χ0n) is 14.2. The van der Waals surface area contributed by atoms with Crippen LogP contribution >= 0.6 is 34.3 Å². The summed E-state index contributed by atoms with van der Waals surface area (Å²) in [4.78, 5) is 21.4. The van der Waals surface area contributed by atoms with Gasteiger partial charge in [0.05, 0.1) is 20.8 Å². The van der Waals surface area contributed by atoms with Gasteiger partial charge in [0.15, 0.2) is 5.13 Å². The number of hydrogen-bond acceptors (Lipinski definition) is 4. The summed E-state index contributed by atoms with van der Waals surface area (Å²) in [7, 11) is 0. The first-order valence-corrected chi connectivity index (χ1v) is 10.1. The van der Waals surface area contributed by atoms with Crippen molar-refractivity contribution in [2.45, 2.75) is 13.8 Å². The Balaban J connectivity index is 1.87. The summed E-state index contributed by atoms with van der Waals surface area (Å²) in [5.74, 6) is -0.0953. The Morgan fingerprint density at radius 1 is 1.04 bits per heavy atom. The van der Waals surface area contributed by atoms with Gasteiger partial charge in [-0.3, -0.25) is 9.69 Å². The standard InChI is InChI=1S/C20H15ClN2OS2/c1-12-7-9-14(11-15(12)21)23(19(24)18-10-8-13(2)25-18)20-22-16-5-3-4-6-17(16)26-20/h3-11H,1-2H3. The van der Waals surface area contributed by atoms with Gasteiger partial charge in [-0.05, 0) is 55.8 Å². The Bertz CT molecular complexity index is 1080. The lowest BCUT2D eigenvalue weighted by Gasteiger charge is -2.20. The Hall–Kier alpha value is -2.21. The van der Waals surface area contributed by atoms with E-state index in [-0.39, 0.29) is 5.91 Å². The highest BCUT2D eigenvalue weighted by Gasteiger charge is 2.24. The van der Waals surface area contributed by atoms with Crippen LogP contribution in [0.2, 0.25) is 5.02 Å². The van der Waals surface area contributed by atoms with Crippen molar-refractivity contribution >= 4 is 61.2 Å². The number of rotatable bonds is 3. The largest absolute Gasteiger partial charge is 0.274 e. The van der Waals surface area contributed by atoms with E-state index in [4.69, 9.17) is 11.6 Å². The Morgan fingerprint density at radius 3 is 2.54 bits per heavy atom. The van der Waals surface area contributed by atoms with E-state index < -0.39 is 0 Å². The number of anilines is 2. The molecule has 26 heavy (non-hydrogen) atoms. The predicted molar refractivity (Wildman–Crippen MR) is 111 cm³/mol. The Morgan fingerprint density at radius 2 is 1.85 bits per heavy atom. The van der Waals surface area contributed by atoms with Crippen molar-refractivity contribution in [3.63, 3.8) is 0 Å². The van der Waals surface area contributed by atoms with Gasteiger partial charge in [0.2, 0.25) is 0 Å². The van der Waals surface area contributed by atoms with Crippen LogP contribution in [0.1, 0.15) is 20.1 Å². The van der Waals surface area contributed by atoms with Gasteiger partial charge in [0.1, 0.15) is 0 Å². The number of nitrogens with zero attached hydrogens (tertiary/aromatic N) is 2. The zero-order valence-corrected chi connectivity index (χ0v) is 16.6. The van der Waals surface area contributed by atoms with Crippen LogP contribution in [0.3, 0.4) is 0 Å². The SMILES string of the molecule is Cc1ccc(C(=O)N(c2ccc(C)c(Cl)c2)c2nc3ccccc3s2)s1. The molecule has 0 atom stereocenters. The number of thiazole rings is 1. The van der Waals surface area contributed by atoms with Crippen molar-refractivity contribution in [2.75, 3.05) is 4.90 Å². The molecule has 0 bridgehead atoms. The molecule has 4 rings (SSSR count). The first kappa shape index (κ1) is 17.2. The summed E-state index contributed by atoms with van der Waals surface area (Å²) >= 11 is 9.30. The number of hydrogen-bond donors (Lipinski definition) is 0. The summed E-state index contributed by atoms with van der Waals surface area (Å²) in [5.41, 5.74) is 2.57. The number of amides is 1. The minimum absolute atomic E-state index is 0.0953. The van der Waals surface area contributed by atoms with Gasteiger partial charge < -0.3 is 0 Å². The predicted octanol–water partition coefficient (Wildman–Crippen LogP) is 6.61. The molecular weight excluding hydrogens is 384 g/mol. The molecule has 0 radical (unpaired) electrons. The molecule has 0 aliphatic heterocycles. The average Bonchev–Trinajstić information content (AvgIpc) is 3.24. The molecule has 0 N–H and O–H groups in total. The molecule has 0 aliphatic rings. The molecule has 2 aromatic carbocycles. The van der Waals surface area contributed by atoms with Crippen LogP contribution in [0.5, 0.6) is 0 Å². The molecule has 0 spiro atoms. The third-order valence-electron chi connectivity index (χ3n) is 4.04. The number of aryl methyl sites for hydroxylation is 2. The highest BCUT2D eigenvalue weighted by molar-refractivity contribution is 7.22. The van der Waals surface area contributed by atoms with Gasteiger partial charge in [-0.1, -0.05) is 41.1 Å². The second kappa shape index (κ2) is 6.83. The number of halogens is 1. The topological polar surface area (TPSA) is 33.2 Å². The van der Waals surface area contributed by atoms with Crippen molar-refractivity contribution in [3.8, 4) is 0 Å². The van der Waals surface area contributed by atoms with Crippen LogP contribution in [0.15, 0.2) is 54.6 Å². The summed E-state index contributed by atoms with van der Waals surface area (Å²) in [5, 5.41) is 1.27. The lowest BCUT2D eigenvalue weighted by molar-refractivity contribution is 0.100. The van der Waals surface area contributed by atoms with Crippen LogP contribution in [-0.4, -0.2) is 10.9 Å². The van der Waals surface area contributed by atoms with Crippen LogP contribution in [0.25, 0.3) is 10.2 Å². The highest BCUT2D eigenvalue weighted by Crippen LogP contribution is 2.36. The smallest absolute Gasteiger partial charge is 0.267 e. The van der Waals surface area contributed by atoms with Gasteiger partial charge in [-0.2, -0.15) is 0 Å². The third kappa shape index (κ3) is 3.14. The van der Waals surface area contributed by atoms with E-state index >= 15 is 0 Å². The molecular formula is C20H15ClN2OS2. The number of aromatic nitrogens is 1. The molecule has 3 nitrogen and oxygen atoms in total. The number of benzene rings is 2. The fourth-order valence-electron chi connectivity index (χ4n) is 2.65. The molecule has 0 saturated carbocycles. The van der Waals surface area contributed by atoms with Gasteiger partial charge in [0, 0.05) is 9.90 Å². The molecule has 0 unspecified atom stereocenters. The van der Waals surface area contributed by atoms with Gasteiger partial charge in [-0.25, -0.2) is 4.98 Å². The number of thiophene rings is 1. The van der Waals surface area contributed by atoms with Crippen LogP contribution in [0.4, 0.5) is 10.8 Å². The van der Waals surface area contributed by atoms with E-state index in [2.05, 4.69) is 4.98 Å². The summed E-state index contributed by atoms with van der Waals surface area (Å²) < 4.78 is 1.04. The second-order valence-corrected chi connectivity index (χ2v) is 8.65. The maximum atomic E-state index is 13.3. The van der Waals surface area contributed by atoms with E-state index in [1.807, 2.05) is 68.4 Å². The summed E-state index contributed by atoms with van der Waals surface area (Å²) in [6.45, 7) is 3.94. The third-order valence-corrected chi connectivity index (χ3v) is 6.46. The van der Waals surface area contributed by atoms with E-state index in [1.165, 1.54) is 22.7 Å². The van der Waals surface area contributed by atoms with Crippen molar-refractivity contribution in [1.82, 2.24) is 4.98 Å². The van der Waals surface area contributed by atoms with Gasteiger partial charge >= 0.3 is 0 Å². The quantitative estimate of drug-likeness (QED) is 0.389. The zero-order chi connectivity index (χ0) is 18.3. The van der Waals surface area contributed by atoms with Crippen LogP contribution in [-0.2, 0) is 0 Å². The normalized spacial score (nSPS) is 11.0. The fourth-order valence-corrected chi connectivity index (χ4v) is 4.61. The second-order valence-electron chi connectivity index (χ2n) is 5.95. The molecule has 6 heteroatoms. The van der Waals surface area contributed by atoms with Crippen LogP contribution < -0.4 is 4.90 Å². The van der Waals surface area contributed by atoms with E-state index in [9.17, 15) is 4.79 Å². The number of carbonyl (C=O) groups is 1. The van der Waals surface area contributed by atoms with Gasteiger partial charge in [-0.15, -0.1) is 11.3 Å². The van der Waals surface area contributed by atoms with Crippen molar-refractivity contribution < 1.29 is 4.79 Å². The average molecular weight is 399 g/mol. The molecule has 130 valence electrons. The Labute approximate surface area is 164 Å². The molecule has 0 aliphatic carbocycles. The van der Waals surface area contributed by atoms with Crippen molar-refractivity contribution in [1.29, 1.82) is 0 Å². The van der Waals surface area contributed by atoms with Gasteiger partial charge in [0.25, 0.3) is 5.91 Å². The fraction of sp³-hybridized carbons (Fsp3) is 0.100. The molecule has 2 heterocycles.